The molecule has 0 radical (unpaired) electrons. The van der Waals surface area contributed by atoms with Crippen LogP contribution in [-0.2, 0) is 14.3 Å². The maximum atomic E-state index is 12.6. The van der Waals surface area contributed by atoms with E-state index in [0.29, 0.717) is 14.6 Å². The van der Waals surface area contributed by atoms with E-state index in [-0.39, 0.29) is 17.9 Å². The highest BCUT2D eigenvalue weighted by atomic mass is 79.9. The second kappa shape index (κ2) is 12.1. The van der Waals surface area contributed by atoms with Crippen LogP contribution in [0.25, 0.3) is 0 Å². The Labute approximate surface area is 201 Å². The Morgan fingerprint density at radius 2 is 1.90 bits per heavy atom. The van der Waals surface area contributed by atoms with E-state index < -0.39 is 24.3 Å². The number of carbonyl (C=O) groups is 2. The van der Waals surface area contributed by atoms with Crippen molar-refractivity contribution in [3.8, 4) is 5.75 Å². The number of aliphatic carboxylic acids is 1. The first-order valence-electron chi connectivity index (χ1n) is 9.07. The van der Waals surface area contributed by atoms with Gasteiger partial charge < -0.3 is 19.7 Å². The predicted molar refractivity (Wildman–Crippen MR) is 127 cm³/mol. The first kappa shape index (κ1) is 25.3. The molecule has 2 aromatic carbocycles. The molecule has 0 unspecified atom stereocenters. The molecule has 2 rings (SSSR count). The van der Waals surface area contributed by atoms with Crippen LogP contribution < -0.4 is 5.32 Å². The molecule has 0 aromatic heterocycles. The monoisotopic (exact) mass is 573 g/mol. The van der Waals surface area contributed by atoms with Gasteiger partial charge in [0.2, 0.25) is 0 Å². The number of halogens is 2. The van der Waals surface area contributed by atoms with E-state index in [0.717, 1.165) is 11.0 Å². The van der Waals surface area contributed by atoms with Crippen LogP contribution in [0.2, 0.25) is 0 Å². The summed E-state index contributed by atoms with van der Waals surface area (Å²) in [4.78, 5) is 24.7. The summed E-state index contributed by atoms with van der Waals surface area (Å²) in [6.07, 6.45) is 1.24. The summed E-state index contributed by atoms with van der Waals surface area (Å²) in [5.74, 6) is -1.33. The highest BCUT2D eigenvalue weighted by Crippen LogP contribution is 2.39. The topological polar surface area (TPSA) is 105 Å². The fourth-order valence-corrected chi connectivity index (χ4v) is 4.33. The van der Waals surface area contributed by atoms with E-state index in [2.05, 4.69) is 37.2 Å². The minimum absolute atomic E-state index is 0.154. The molecule has 0 spiro atoms. The van der Waals surface area contributed by atoms with Crippen molar-refractivity contribution in [2.45, 2.75) is 24.0 Å². The number of thioether (sulfide) groups is 1. The van der Waals surface area contributed by atoms with E-state index in [4.69, 9.17) is 14.6 Å². The van der Waals surface area contributed by atoms with Crippen LogP contribution >= 0.6 is 43.6 Å². The van der Waals surface area contributed by atoms with Crippen LogP contribution in [0.5, 0.6) is 5.75 Å². The van der Waals surface area contributed by atoms with Crippen molar-refractivity contribution in [3.05, 3.63) is 63.1 Å². The van der Waals surface area contributed by atoms with Gasteiger partial charge in [0, 0.05) is 33.3 Å². The van der Waals surface area contributed by atoms with E-state index in [1.807, 2.05) is 18.4 Å². The van der Waals surface area contributed by atoms with Gasteiger partial charge in [0.25, 0.3) is 0 Å². The molecule has 31 heavy (non-hydrogen) atoms. The quantitative estimate of drug-likeness (QED) is 0.250. The average Bonchev–Trinajstić information content (AvgIpc) is 2.72. The Hall–Kier alpha value is -2.01. The van der Waals surface area contributed by atoms with E-state index >= 15 is 0 Å². The Morgan fingerprint density at radius 3 is 2.48 bits per heavy atom. The zero-order valence-corrected chi connectivity index (χ0v) is 20.7. The Kier molecular flexibility index (Phi) is 9.89. The SMILES string of the molecule is CCO[C@H](/C=C/C(=O)O)[C@H](OC(=O)Nc1ccc(SC)cc1)c1cc(Br)cc(Br)c1O. The fourth-order valence-electron chi connectivity index (χ4n) is 2.66. The maximum Gasteiger partial charge on any atom is 0.412 e. The number of carbonyl (C=O) groups excluding carboxylic acids is 1. The summed E-state index contributed by atoms with van der Waals surface area (Å²) in [7, 11) is 0. The number of hydrogen-bond donors (Lipinski definition) is 3. The molecule has 2 aromatic rings. The standard InChI is InChI=1S/C21H21Br2NO6S/c1-3-29-17(8-9-18(25)26)20(15-10-12(22)11-16(23)19(15)27)30-21(28)24-13-4-6-14(31-2)7-5-13/h4-11,17,20,27H,3H2,1-2H3,(H,24,28)(H,25,26)/b9-8+/t17-,20-/m1/s1. The van der Waals surface area contributed by atoms with Crippen molar-refractivity contribution in [2.75, 3.05) is 18.2 Å². The summed E-state index contributed by atoms with van der Waals surface area (Å²) in [5, 5.41) is 22.2. The third-order valence-corrected chi connectivity index (χ3v) is 5.83. The van der Waals surface area contributed by atoms with Gasteiger partial charge in [-0.1, -0.05) is 15.9 Å². The lowest BCUT2D eigenvalue weighted by Gasteiger charge is -2.26. The minimum Gasteiger partial charge on any atom is -0.506 e. The van der Waals surface area contributed by atoms with Crippen LogP contribution in [0, 0.1) is 0 Å². The number of benzene rings is 2. The van der Waals surface area contributed by atoms with Gasteiger partial charge in [-0.25, -0.2) is 9.59 Å². The van der Waals surface area contributed by atoms with Crippen LogP contribution in [-0.4, -0.2) is 41.2 Å². The highest BCUT2D eigenvalue weighted by Gasteiger charge is 2.30. The van der Waals surface area contributed by atoms with Crippen molar-refractivity contribution >= 4 is 61.4 Å². The zero-order chi connectivity index (χ0) is 23.0. The van der Waals surface area contributed by atoms with Gasteiger partial charge in [0.15, 0.2) is 6.10 Å². The number of phenols is 1. The predicted octanol–water partition coefficient (Wildman–Crippen LogP) is 5.97. The fraction of sp³-hybridized carbons (Fsp3) is 0.238. The van der Waals surface area contributed by atoms with E-state index in [1.54, 1.807) is 43.0 Å². The number of anilines is 1. The molecule has 0 saturated heterocycles. The molecular weight excluding hydrogens is 554 g/mol. The summed E-state index contributed by atoms with van der Waals surface area (Å²) >= 11 is 8.18. The summed E-state index contributed by atoms with van der Waals surface area (Å²) in [5.41, 5.74) is 0.762. The molecule has 2 atom stereocenters. The number of ether oxygens (including phenoxy) is 2. The molecule has 3 N–H and O–H groups in total. The first-order chi connectivity index (χ1) is 14.7. The third-order valence-electron chi connectivity index (χ3n) is 4.02. The normalized spacial score (nSPS) is 13.0. The lowest BCUT2D eigenvalue weighted by molar-refractivity contribution is -0.131. The van der Waals surface area contributed by atoms with Crippen LogP contribution in [0.4, 0.5) is 10.5 Å². The van der Waals surface area contributed by atoms with E-state index in [9.17, 15) is 14.7 Å². The smallest absolute Gasteiger partial charge is 0.412 e. The van der Waals surface area contributed by atoms with E-state index in [1.165, 1.54) is 6.08 Å². The van der Waals surface area contributed by atoms with Gasteiger partial charge in [-0.15, -0.1) is 11.8 Å². The van der Waals surface area contributed by atoms with Crippen LogP contribution in [0.15, 0.2) is 62.4 Å². The molecule has 0 aliphatic heterocycles. The second-order valence-corrected chi connectivity index (χ2v) is 8.77. The number of carboxylic acid groups (broad SMARTS) is 1. The molecule has 1 amide bonds. The molecular formula is C21H21Br2NO6S. The third kappa shape index (κ3) is 7.57. The lowest BCUT2D eigenvalue weighted by atomic mass is 10.0. The number of nitrogens with one attached hydrogen (secondary N) is 1. The van der Waals surface area contributed by atoms with Crippen LogP contribution in [0.1, 0.15) is 18.6 Å². The minimum atomic E-state index is -1.18. The van der Waals surface area contributed by atoms with Gasteiger partial charge in [-0.05, 0) is 71.6 Å². The maximum absolute atomic E-state index is 12.6. The number of aromatic hydroxyl groups is 1. The zero-order valence-electron chi connectivity index (χ0n) is 16.7. The number of amides is 1. The van der Waals surface area contributed by atoms with Crippen molar-refractivity contribution < 1.29 is 29.3 Å². The van der Waals surface area contributed by atoms with Gasteiger partial charge in [-0.2, -0.15) is 0 Å². The van der Waals surface area contributed by atoms with Crippen LogP contribution in [0.3, 0.4) is 0 Å². The second-order valence-electron chi connectivity index (χ2n) is 6.12. The van der Waals surface area contributed by atoms with Gasteiger partial charge in [0.1, 0.15) is 11.9 Å². The molecule has 10 heteroatoms. The largest absolute Gasteiger partial charge is 0.506 e. The van der Waals surface area contributed by atoms with Crippen molar-refractivity contribution in [1.29, 1.82) is 0 Å². The first-order valence-corrected chi connectivity index (χ1v) is 11.9. The van der Waals surface area contributed by atoms with Crippen molar-refractivity contribution in [1.82, 2.24) is 0 Å². The lowest BCUT2D eigenvalue weighted by Crippen LogP contribution is -2.28. The van der Waals surface area contributed by atoms with Gasteiger partial charge in [-0.3, -0.25) is 5.32 Å². The molecule has 0 aliphatic rings. The molecule has 7 nitrogen and oxygen atoms in total. The Morgan fingerprint density at radius 1 is 1.23 bits per heavy atom. The summed E-state index contributed by atoms with van der Waals surface area (Å²) in [6, 6.07) is 10.4. The van der Waals surface area contributed by atoms with Crippen molar-refractivity contribution in [3.63, 3.8) is 0 Å². The highest BCUT2D eigenvalue weighted by molar-refractivity contribution is 9.11. The van der Waals surface area contributed by atoms with Gasteiger partial charge in [0.05, 0.1) is 4.47 Å². The summed E-state index contributed by atoms with van der Waals surface area (Å²) in [6.45, 7) is 1.95. The van der Waals surface area contributed by atoms with Crippen molar-refractivity contribution in [2.24, 2.45) is 0 Å². The molecule has 0 aliphatic carbocycles. The number of rotatable bonds is 9. The molecule has 166 valence electrons. The Bertz CT molecular complexity index is 952. The molecule has 0 fully saturated rings. The average molecular weight is 575 g/mol. The molecule has 0 bridgehead atoms. The Balaban J connectivity index is 2.38. The summed E-state index contributed by atoms with van der Waals surface area (Å²) < 4.78 is 12.2. The van der Waals surface area contributed by atoms with Gasteiger partial charge >= 0.3 is 12.1 Å². The molecule has 0 heterocycles. The number of carboxylic acids is 1. The molecule has 0 saturated carbocycles. The number of hydrogen-bond acceptors (Lipinski definition) is 6. The number of phenolic OH excluding ortho intramolecular Hbond substituents is 1.